The van der Waals surface area contributed by atoms with Gasteiger partial charge in [-0.05, 0) is 25.0 Å². The zero-order chi connectivity index (χ0) is 16.6. The molecule has 118 valence electrons. The number of aryl methyl sites for hydroxylation is 2. The molecule has 0 unspecified atom stereocenters. The minimum Gasteiger partial charge on any atom is -0.275 e. The lowest BCUT2D eigenvalue weighted by Gasteiger charge is -2.39. The molecule has 23 heavy (non-hydrogen) atoms. The average molecular weight is 325 g/mol. The molecule has 0 atom stereocenters. The summed E-state index contributed by atoms with van der Waals surface area (Å²) in [4.78, 5) is 26.3. The molecule has 0 aliphatic carbocycles. The van der Waals surface area contributed by atoms with Crippen LogP contribution in [0.5, 0.6) is 0 Å². The molecule has 1 heterocycles. The molecule has 3 rings (SSSR count). The first-order valence-electron chi connectivity index (χ1n) is 7.54. The maximum Gasteiger partial charge on any atom is 0.288 e. The van der Waals surface area contributed by atoms with E-state index < -0.39 is 5.41 Å². The topological polar surface area (TPSA) is 37.4 Å². The first-order chi connectivity index (χ1) is 10.9. The molecule has 1 aliphatic rings. The van der Waals surface area contributed by atoms with E-state index in [1.165, 1.54) is 16.7 Å². The van der Waals surface area contributed by atoms with E-state index in [0.29, 0.717) is 5.75 Å². The van der Waals surface area contributed by atoms with E-state index in [4.69, 9.17) is 0 Å². The summed E-state index contributed by atoms with van der Waals surface area (Å²) in [6, 6.07) is 16.0. The van der Waals surface area contributed by atoms with Crippen molar-refractivity contribution in [2.24, 2.45) is 0 Å². The van der Waals surface area contributed by atoms with Crippen LogP contribution in [0.15, 0.2) is 48.5 Å². The van der Waals surface area contributed by atoms with E-state index in [2.05, 4.69) is 0 Å². The molecule has 0 saturated carbocycles. The number of amides is 2. The van der Waals surface area contributed by atoms with E-state index in [-0.39, 0.29) is 11.1 Å². The molecule has 2 aromatic carbocycles. The molecule has 1 saturated heterocycles. The fraction of sp³-hybridized carbons (Fsp3) is 0.263. The largest absolute Gasteiger partial charge is 0.288 e. The van der Waals surface area contributed by atoms with Crippen LogP contribution < -0.4 is 0 Å². The van der Waals surface area contributed by atoms with Crippen LogP contribution in [0, 0.1) is 13.8 Å². The Morgan fingerprint density at radius 2 is 1.30 bits per heavy atom. The highest BCUT2D eigenvalue weighted by Crippen LogP contribution is 2.41. The number of hydrogen-bond acceptors (Lipinski definition) is 3. The van der Waals surface area contributed by atoms with E-state index in [0.717, 1.165) is 22.3 Å². The maximum atomic E-state index is 13.1. The minimum atomic E-state index is -0.811. The number of nitrogens with zero attached hydrogens (tertiary/aromatic N) is 1. The van der Waals surface area contributed by atoms with Crippen molar-refractivity contribution in [3.05, 3.63) is 70.8 Å². The van der Waals surface area contributed by atoms with Crippen LogP contribution in [0.25, 0.3) is 0 Å². The summed E-state index contributed by atoms with van der Waals surface area (Å²) < 4.78 is 0. The first kappa shape index (κ1) is 15.8. The maximum absolute atomic E-state index is 13.1. The van der Waals surface area contributed by atoms with Crippen molar-refractivity contribution < 1.29 is 9.59 Å². The summed E-state index contributed by atoms with van der Waals surface area (Å²) in [5.41, 5.74) is 3.35. The van der Waals surface area contributed by atoms with Crippen LogP contribution in [-0.2, 0) is 10.2 Å². The highest BCUT2D eigenvalue weighted by Gasteiger charge is 2.49. The standard InChI is InChI=1S/C19H19NO2S/c1-13-4-8-15(9-5-13)19(16-10-6-14(2)7-11-16)12-23-18(22)20(3)17(19)21/h4-11H,12H2,1-3H3. The summed E-state index contributed by atoms with van der Waals surface area (Å²) in [6.07, 6.45) is 0. The van der Waals surface area contributed by atoms with Crippen molar-refractivity contribution in [2.45, 2.75) is 19.3 Å². The second-order valence-electron chi connectivity index (χ2n) is 6.06. The van der Waals surface area contributed by atoms with Gasteiger partial charge in [0.25, 0.3) is 5.24 Å². The summed E-state index contributed by atoms with van der Waals surface area (Å²) in [5, 5.41) is -0.190. The van der Waals surface area contributed by atoms with Crippen molar-refractivity contribution >= 4 is 22.9 Å². The molecule has 0 N–H and O–H groups in total. The van der Waals surface area contributed by atoms with Gasteiger partial charge in [-0.3, -0.25) is 14.5 Å². The number of rotatable bonds is 2. The molecule has 2 amide bonds. The minimum absolute atomic E-state index is 0.158. The predicted octanol–water partition coefficient (Wildman–Crippen LogP) is 3.91. The monoisotopic (exact) mass is 325 g/mol. The van der Waals surface area contributed by atoms with Gasteiger partial charge in [0.15, 0.2) is 0 Å². The van der Waals surface area contributed by atoms with Crippen molar-refractivity contribution in [1.29, 1.82) is 0 Å². The predicted molar refractivity (Wildman–Crippen MR) is 93.8 cm³/mol. The van der Waals surface area contributed by atoms with E-state index in [9.17, 15) is 9.59 Å². The van der Waals surface area contributed by atoms with E-state index in [1.54, 1.807) is 7.05 Å². The third kappa shape index (κ3) is 2.57. The van der Waals surface area contributed by atoms with Crippen molar-refractivity contribution in [2.75, 3.05) is 12.8 Å². The lowest BCUT2D eigenvalue weighted by molar-refractivity contribution is -0.131. The Morgan fingerprint density at radius 3 is 1.74 bits per heavy atom. The molecule has 0 bridgehead atoms. The van der Waals surface area contributed by atoms with Crippen molar-refractivity contribution in [1.82, 2.24) is 4.90 Å². The number of likely N-dealkylation sites (N-methyl/N-ethyl adjacent to an activating group) is 1. The quantitative estimate of drug-likeness (QED) is 0.840. The Hall–Kier alpha value is -2.07. The highest BCUT2D eigenvalue weighted by molar-refractivity contribution is 8.13. The zero-order valence-electron chi connectivity index (χ0n) is 13.5. The Labute approximate surface area is 140 Å². The third-order valence-electron chi connectivity index (χ3n) is 4.44. The molecule has 1 fully saturated rings. The molecule has 0 spiro atoms. The van der Waals surface area contributed by atoms with Crippen LogP contribution in [0.4, 0.5) is 4.79 Å². The average Bonchev–Trinajstić information content (AvgIpc) is 2.55. The number of imide groups is 1. The number of hydrogen-bond donors (Lipinski definition) is 0. The molecule has 3 nitrogen and oxygen atoms in total. The Kier molecular flexibility index (Phi) is 4.02. The van der Waals surface area contributed by atoms with Gasteiger partial charge >= 0.3 is 0 Å². The molecular weight excluding hydrogens is 306 g/mol. The smallest absolute Gasteiger partial charge is 0.275 e. The molecule has 4 heteroatoms. The van der Waals surface area contributed by atoms with Crippen LogP contribution >= 0.6 is 11.8 Å². The Bertz CT molecular complexity index is 704. The number of thioether (sulfide) groups is 1. The van der Waals surface area contributed by atoms with Gasteiger partial charge in [-0.1, -0.05) is 71.4 Å². The van der Waals surface area contributed by atoms with Crippen LogP contribution in [-0.4, -0.2) is 28.8 Å². The van der Waals surface area contributed by atoms with Gasteiger partial charge in [0.1, 0.15) is 5.41 Å². The number of carbonyl (C=O) groups excluding carboxylic acids is 2. The lowest BCUT2D eigenvalue weighted by atomic mass is 9.74. The molecule has 1 aliphatic heterocycles. The van der Waals surface area contributed by atoms with Crippen molar-refractivity contribution in [3.63, 3.8) is 0 Å². The van der Waals surface area contributed by atoms with Gasteiger partial charge in [-0.15, -0.1) is 0 Å². The van der Waals surface area contributed by atoms with Crippen molar-refractivity contribution in [3.8, 4) is 0 Å². The fourth-order valence-corrected chi connectivity index (χ4v) is 4.03. The van der Waals surface area contributed by atoms with Gasteiger partial charge in [-0.2, -0.15) is 0 Å². The second kappa shape index (κ2) is 5.85. The van der Waals surface area contributed by atoms with Gasteiger partial charge in [0.2, 0.25) is 5.91 Å². The molecule has 0 radical (unpaired) electrons. The molecular formula is C19H19NO2S. The SMILES string of the molecule is Cc1ccc(C2(c3ccc(C)cc3)CSC(=O)N(C)C2=O)cc1. The van der Waals surface area contributed by atoms with Crippen LogP contribution in [0.3, 0.4) is 0 Å². The number of benzene rings is 2. The van der Waals surface area contributed by atoms with Gasteiger partial charge in [0, 0.05) is 12.8 Å². The summed E-state index contributed by atoms with van der Waals surface area (Å²) in [6.45, 7) is 4.05. The van der Waals surface area contributed by atoms with Crippen LogP contribution in [0.2, 0.25) is 0 Å². The zero-order valence-corrected chi connectivity index (χ0v) is 14.3. The normalized spacial score (nSPS) is 17.4. The highest BCUT2D eigenvalue weighted by atomic mass is 32.2. The Morgan fingerprint density at radius 1 is 0.870 bits per heavy atom. The van der Waals surface area contributed by atoms with Gasteiger partial charge < -0.3 is 0 Å². The van der Waals surface area contributed by atoms with Gasteiger partial charge in [-0.25, -0.2) is 0 Å². The Balaban J connectivity index is 2.21. The van der Waals surface area contributed by atoms with E-state index >= 15 is 0 Å². The summed E-state index contributed by atoms with van der Waals surface area (Å²) >= 11 is 1.20. The first-order valence-corrected chi connectivity index (χ1v) is 8.53. The van der Waals surface area contributed by atoms with E-state index in [1.807, 2.05) is 62.4 Å². The molecule has 2 aromatic rings. The third-order valence-corrected chi connectivity index (χ3v) is 5.54. The van der Waals surface area contributed by atoms with Crippen LogP contribution in [0.1, 0.15) is 22.3 Å². The summed E-state index contributed by atoms with van der Waals surface area (Å²) in [7, 11) is 1.56. The second-order valence-corrected chi connectivity index (χ2v) is 6.98. The number of carbonyl (C=O) groups is 2. The summed E-state index contributed by atoms with van der Waals surface area (Å²) in [5.74, 6) is 0.273. The molecule has 0 aromatic heterocycles. The lowest BCUT2D eigenvalue weighted by Crippen LogP contribution is -2.53. The van der Waals surface area contributed by atoms with Gasteiger partial charge in [0.05, 0.1) is 0 Å². The fourth-order valence-electron chi connectivity index (χ4n) is 2.95.